The highest BCUT2D eigenvalue weighted by Gasteiger charge is 2.63. The first kappa shape index (κ1) is 29.4. The molecule has 0 N–H and O–H groups in total. The third kappa shape index (κ3) is 4.95. The number of ether oxygens (including phenoxy) is 4. The Labute approximate surface area is 238 Å². The number of hydrogen-bond donors (Lipinski definition) is 0. The van der Waals surface area contributed by atoms with E-state index in [1.165, 1.54) is 0 Å². The molecule has 4 saturated carbocycles. The largest absolute Gasteiger partial charge is 0.465 e. The summed E-state index contributed by atoms with van der Waals surface area (Å²) in [6.07, 6.45) is 8.74. The van der Waals surface area contributed by atoms with Crippen LogP contribution in [0.5, 0.6) is 0 Å². The smallest absolute Gasteiger partial charge is 0.312 e. The molecule has 0 aromatic heterocycles. The molecule has 0 amide bonds. The molecule has 2 aliphatic heterocycles. The molecule has 2 saturated heterocycles. The molecule has 8 unspecified atom stereocenters. The molecule has 8 heteroatoms. The van der Waals surface area contributed by atoms with E-state index in [0.29, 0.717) is 43.3 Å². The van der Waals surface area contributed by atoms with Crippen molar-refractivity contribution in [3.8, 4) is 0 Å². The van der Waals surface area contributed by atoms with E-state index in [1.54, 1.807) is 0 Å². The molecule has 6 rings (SSSR count). The highest BCUT2D eigenvalue weighted by Crippen LogP contribution is 2.61. The summed E-state index contributed by atoms with van der Waals surface area (Å²) in [4.78, 5) is 47.9. The number of carbonyl (C=O) groups excluding carboxylic acids is 4. The summed E-state index contributed by atoms with van der Waals surface area (Å²) in [5.74, 6) is 1.32. The van der Waals surface area contributed by atoms with Gasteiger partial charge in [-0.05, 0) is 103 Å². The van der Waals surface area contributed by atoms with Crippen LogP contribution >= 0.6 is 0 Å². The maximum absolute atomic E-state index is 12.3. The molecule has 4 aliphatic carbocycles. The van der Waals surface area contributed by atoms with Crippen molar-refractivity contribution in [2.75, 3.05) is 13.2 Å². The van der Waals surface area contributed by atoms with Gasteiger partial charge in [-0.1, -0.05) is 13.8 Å². The Bertz CT molecular complexity index is 1050. The topological polar surface area (TPSA) is 105 Å². The number of hydrogen-bond acceptors (Lipinski definition) is 8. The van der Waals surface area contributed by atoms with E-state index in [2.05, 4.69) is 0 Å². The standard InChI is InChI=1S/2C16H24O4/c1-4-15(2,3)14(18)20-12-6-10-5-11(12)16(7-10)8-13(17)19-9-16;1-4-15(2,3)13(17)20-12-8-11-7-10(12)9-16(11)5-6-19-14(16)18/h2*10-12H,4-9H2,1-3H3. The lowest BCUT2D eigenvalue weighted by Crippen LogP contribution is -2.41. The Morgan fingerprint density at radius 1 is 0.875 bits per heavy atom. The van der Waals surface area contributed by atoms with Crippen LogP contribution in [0, 0.1) is 45.3 Å². The zero-order valence-electron chi connectivity index (χ0n) is 25.2. The second-order valence-electron chi connectivity index (χ2n) is 14.9. The van der Waals surface area contributed by atoms with Crippen molar-refractivity contribution >= 4 is 23.9 Å². The lowest BCUT2D eigenvalue weighted by molar-refractivity contribution is -0.166. The predicted octanol–water partition coefficient (Wildman–Crippen LogP) is 5.40. The first-order valence-electron chi connectivity index (χ1n) is 15.5. The summed E-state index contributed by atoms with van der Waals surface area (Å²) in [5.41, 5.74) is -1.11. The van der Waals surface area contributed by atoms with E-state index in [-0.39, 0.29) is 46.9 Å². The van der Waals surface area contributed by atoms with Crippen molar-refractivity contribution in [2.24, 2.45) is 45.3 Å². The van der Waals surface area contributed by atoms with Crippen molar-refractivity contribution in [1.82, 2.24) is 0 Å². The quantitative estimate of drug-likeness (QED) is 0.314. The van der Waals surface area contributed by atoms with Gasteiger partial charge in [0.25, 0.3) is 0 Å². The first-order chi connectivity index (χ1) is 18.7. The molecule has 0 radical (unpaired) electrons. The monoisotopic (exact) mass is 560 g/mol. The molecule has 40 heavy (non-hydrogen) atoms. The number of cyclic esters (lactones) is 2. The Kier molecular flexibility index (Phi) is 7.57. The zero-order chi connectivity index (χ0) is 29.1. The number of fused-ring (bicyclic) bond motifs is 6. The summed E-state index contributed by atoms with van der Waals surface area (Å²) < 4.78 is 22.0. The van der Waals surface area contributed by atoms with E-state index in [1.807, 2.05) is 41.5 Å². The molecule has 2 heterocycles. The van der Waals surface area contributed by atoms with E-state index in [0.717, 1.165) is 57.8 Å². The molecule has 4 bridgehead atoms. The van der Waals surface area contributed by atoms with Gasteiger partial charge in [-0.2, -0.15) is 0 Å². The Morgan fingerprint density at radius 3 is 2.00 bits per heavy atom. The second-order valence-corrected chi connectivity index (χ2v) is 14.9. The SMILES string of the molecule is CCC(C)(C)C(=O)OC1CC2CC1C1(COC(=O)C1)C2.CCC(C)(C)C(=O)OC1CC2CC1CC21CCOC1=O. The Morgan fingerprint density at radius 2 is 1.52 bits per heavy atom. The van der Waals surface area contributed by atoms with Crippen LogP contribution in [0.25, 0.3) is 0 Å². The van der Waals surface area contributed by atoms with E-state index >= 15 is 0 Å². The lowest BCUT2D eigenvalue weighted by atomic mass is 9.71. The van der Waals surface area contributed by atoms with Gasteiger partial charge < -0.3 is 18.9 Å². The fourth-order valence-electron chi connectivity index (χ4n) is 8.29. The summed E-state index contributed by atoms with van der Waals surface area (Å²) in [7, 11) is 0. The molecular weight excluding hydrogens is 512 g/mol. The second kappa shape index (κ2) is 10.3. The minimum atomic E-state index is -0.420. The van der Waals surface area contributed by atoms with Crippen LogP contribution in [0.1, 0.15) is 106 Å². The Hall–Kier alpha value is -2.12. The van der Waals surface area contributed by atoms with Gasteiger partial charge in [0, 0.05) is 11.3 Å². The van der Waals surface area contributed by atoms with Crippen molar-refractivity contribution in [3.05, 3.63) is 0 Å². The van der Waals surface area contributed by atoms with Crippen LogP contribution in [-0.4, -0.2) is 49.3 Å². The number of esters is 4. The zero-order valence-corrected chi connectivity index (χ0v) is 25.2. The minimum absolute atomic E-state index is 0.0105. The summed E-state index contributed by atoms with van der Waals surface area (Å²) in [5, 5.41) is 0. The van der Waals surface area contributed by atoms with Crippen LogP contribution in [-0.2, 0) is 38.1 Å². The lowest BCUT2D eigenvalue weighted by Gasteiger charge is -2.37. The van der Waals surface area contributed by atoms with Crippen LogP contribution < -0.4 is 0 Å². The maximum atomic E-state index is 12.3. The van der Waals surface area contributed by atoms with Gasteiger partial charge in [-0.15, -0.1) is 0 Å². The van der Waals surface area contributed by atoms with Crippen LogP contribution in [0.4, 0.5) is 0 Å². The maximum Gasteiger partial charge on any atom is 0.312 e. The molecule has 8 atom stereocenters. The highest BCUT2D eigenvalue weighted by atomic mass is 16.6. The molecule has 8 nitrogen and oxygen atoms in total. The van der Waals surface area contributed by atoms with Crippen LogP contribution in [0.3, 0.4) is 0 Å². The van der Waals surface area contributed by atoms with Gasteiger partial charge in [0.1, 0.15) is 12.2 Å². The minimum Gasteiger partial charge on any atom is -0.465 e. The molecule has 0 aromatic rings. The summed E-state index contributed by atoms with van der Waals surface area (Å²) in [6, 6.07) is 0. The van der Waals surface area contributed by atoms with E-state index in [9.17, 15) is 19.2 Å². The normalized spacial score (nSPS) is 39.4. The van der Waals surface area contributed by atoms with E-state index < -0.39 is 10.8 Å². The molecule has 6 aliphatic rings. The van der Waals surface area contributed by atoms with Crippen LogP contribution in [0.2, 0.25) is 0 Å². The highest BCUT2D eigenvalue weighted by molar-refractivity contribution is 5.80. The van der Waals surface area contributed by atoms with Gasteiger partial charge in [-0.3, -0.25) is 19.2 Å². The van der Waals surface area contributed by atoms with Crippen molar-refractivity contribution in [2.45, 2.75) is 118 Å². The third-order valence-corrected chi connectivity index (χ3v) is 11.7. The fraction of sp³-hybridized carbons (Fsp3) is 0.875. The Balaban J connectivity index is 0.000000161. The molecular formula is C32H48O8. The number of rotatable bonds is 6. The molecule has 6 fully saturated rings. The fourth-order valence-corrected chi connectivity index (χ4v) is 8.29. The average Bonchev–Trinajstić information content (AvgIpc) is 3.75. The van der Waals surface area contributed by atoms with Crippen molar-refractivity contribution in [3.63, 3.8) is 0 Å². The van der Waals surface area contributed by atoms with Gasteiger partial charge in [-0.25, -0.2) is 0 Å². The van der Waals surface area contributed by atoms with Crippen molar-refractivity contribution in [1.29, 1.82) is 0 Å². The van der Waals surface area contributed by atoms with Crippen molar-refractivity contribution < 1.29 is 38.1 Å². The van der Waals surface area contributed by atoms with Gasteiger partial charge >= 0.3 is 23.9 Å². The molecule has 2 spiro atoms. The number of carbonyl (C=O) groups is 4. The van der Waals surface area contributed by atoms with Gasteiger partial charge in [0.15, 0.2) is 0 Å². The summed E-state index contributed by atoms with van der Waals surface area (Å²) in [6.45, 7) is 12.8. The van der Waals surface area contributed by atoms with Gasteiger partial charge in [0.2, 0.25) is 0 Å². The van der Waals surface area contributed by atoms with E-state index in [4.69, 9.17) is 18.9 Å². The molecule has 0 aromatic carbocycles. The van der Waals surface area contributed by atoms with Crippen LogP contribution in [0.15, 0.2) is 0 Å². The third-order valence-electron chi connectivity index (χ3n) is 11.7. The first-order valence-corrected chi connectivity index (χ1v) is 15.5. The van der Waals surface area contributed by atoms with Gasteiger partial charge in [0.05, 0.1) is 35.9 Å². The average molecular weight is 561 g/mol. The summed E-state index contributed by atoms with van der Waals surface area (Å²) >= 11 is 0. The predicted molar refractivity (Wildman–Crippen MR) is 146 cm³/mol. The molecule has 224 valence electrons.